The average molecular weight is 725 g/mol. The standard InChI is InChI=1S/C37H40Cl2FN5O3S/c1-3-21(2)32(34(41)49)44-36(48)37(16-15-29-26(20-37)25-18-24(38)19-27(39)33(25)43-29)45-35(47)30(14-13-22-9-5-4-6-10-22)42-31(46)17-23-11-7-8-12-28(23)40/h4-12,18-19,21,30,32,43H,3,13-17,20H2,1-2H3,(H2,41,49)(H,42,46)(H,44,48)(H,45,47)/t21-,30-,32?,37+/m0/s1. The van der Waals surface area contributed by atoms with E-state index in [-0.39, 0.29) is 42.2 Å². The number of carbonyl (C=O) groups is 3. The van der Waals surface area contributed by atoms with Crippen LogP contribution in [0.3, 0.4) is 0 Å². The van der Waals surface area contributed by atoms with Crippen molar-refractivity contribution in [2.75, 3.05) is 0 Å². The van der Waals surface area contributed by atoms with E-state index in [2.05, 4.69) is 20.9 Å². The average Bonchev–Trinajstić information content (AvgIpc) is 3.44. The van der Waals surface area contributed by atoms with E-state index in [4.69, 9.17) is 41.2 Å². The summed E-state index contributed by atoms with van der Waals surface area (Å²) in [6.07, 6.45) is 1.95. The van der Waals surface area contributed by atoms with Gasteiger partial charge in [-0.25, -0.2) is 4.39 Å². The topological polar surface area (TPSA) is 129 Å². The minimum Gasteiger partial charge on any atom is -0.392 e. The Morgan fingerprint density at radius 2 is 1.78 bits per heavy atom. The number of rotatable bonds is 13. The van der Waals surface area contributed by atoms with Crippen molar-refractivity contribution in [3.05, 3.63) is 105 Å². The van der Waals surface area contributed by atoms with Crippen LogP contribution >= 0.6 is 35.4 Å². The number of aryl methyl sites for hydroxylation is 2. The van der Waals surface area contributed by atoms with E-state index in [0.717, 1.165) is 22.2 Å². The molecule has 1 aromatic heterocycles. The van der Waals surface area contributed by atoms with Gasteiger partial charge in [-0.15, -0.1) is 0 Å². The second kappa shape index (κ2) is 15.7. The van der Waals surface area contributed by atoms with Crippen molar-refractivity contribution in [1.29, 1.82) is 0 Å². The maximum atomic E-state index is 14.5. The molecule has 0 spiro atoms. The number of thiocarbonyl (C=S) groups is 1. The number of nitrogens with two attached hydrogens (primary N) is 1. The molecule has 0 saturated heterocycles. The van der Waals surface area contributed by atoms with E-state index in [1.165, 1.54) is 12.1 Å². The third-order valence-electron chi connectivity index (χ3n) is 9.43. The highest BCUT2D eigenvalue weighted by Crippen LogP contribution is 2.38. The Morgan fingerprint density at radius 3 is 2.47 bits per heavy atom. The SMILES string of the molecule is CC[C@H](C)C(NC(=O)[C@@]1(NC(=O)[C@H](CCc2ccccc2)NC(=O)Cc2ccccc2F)CCc2[nH]c3c(Cl)cc(Cl)cc3c2C1)C(N)=S. The number of aromatic amines is 1. The minimum atomic E-state index is -1.44. The number of hydrogen-bond acceptors (Lipinski definition) is 4. The Labute approximate surface area is 300 Å². The molecule has 12 heteroatoms. The number of H-pyrrole nitrogens is 1. The van der Waals surface area contributed by atoms with Crippen molar-refractivity contribution in [3.8, 4) is 0 Å². The fourth-order valence-electron chi connectivity index (χ4n) is 6.45. The summed E-state index contributed by atoms with van der Waals surface area (Å²) >= 11 is 18.3. The molecule has 0 fully saturated rings. The van der Waals surface area contributed by atoms with Gasteiger partial charge in [0.05, 0.1) is 28.0 Å². The van der Waals surface area contributed by atoms with E-state index in [9.17, 15) is 18.8 Å². The number of carbonyl (C=O) groups excluding carboxylic acids is 3. The summed E-state index contributed by atoms with van der Waals surface area (Å²) in [6, 6.07) is 17.4. The largest absolute Gasteiger partial charge is 0.392 e. The Bertz CT molecular complexity index is 1870. The van der Waals surface area contributed by atoms with Crippen LogP contribution in [0.1, 0.15) is 55.5 Å². The van der Waals surface area contributed by atoms with E-state index in [1.54, 1.807) is 24.3 Å². The zero-order chi connectivity index (χ0) is 35.3. The Hall–Kier alpha value is -3.99. The molecule has 1 unspecified atom stereocenters. The molecule has 1 aliphatic carbocycles. The summed E-state index contributed by atoms with van der Waals surface area (Å²) in [5, 5.41) is 10.6. The van der Waals surface area contributed by atoms with Crippen molar-refractivity contribution < 1.29 is 18.8 Å². The van der Waals surface area contributed by atoms with Gasteiger partial charge in [-0.1, -0.05) is 104 Å². The van der Waals surface area contributed by atoms with Gasteiger partial charge in [0, 0.05) is 22.5 Å². The molecular formula is C37H40Cl2FN5O3S. The van der Waals surface area contributed by atoms with Crippen LogP contribution in [0.2, 0.25) is 10.0 Å². The van der Waals surface area contributed by atoms with Gasteiger partial charge in [0.2, 0.25) is 17.7 Å². The summed E-state index contributed by atoms with van der Waals surface area (Å²) in [4.78, 5) is 45.6. The summed E-state index contributed by atoms with van der Waals surface area (Å²) in [6.45, 7) is 3.93. The lowest BCUT2D eigenvalue weighted by Gasteiger charge is -2.39. The third-order valence-corrected chi connectivity index (χ3v) is 10.2. The van der Waals surface area contributed by atoms with Crippen molar-refractivity contribution in [3.63, 3.8) is 0 Å². The van der Waals surface area contributed by atoms with Gasteiger partial charge in [0.25, 0.3) is 0 Å². The fourth-order valence-corrected chi connectivity index (χ4v) is 7.28. The van der Waals surface area contributed by atoms with Crippen molar-refractivity contribution >= 4 is 69.0 Å². The lowest BCUT2D eigenvalue weighted by atomic mass is 9.78. The van der Waals surface area contributed by atoms with Crippen LogP contribution in [0, 0.1) is 11.7 Å². The van der Waals surface area contributed by atoms with Gasteiger partial charge in [-0.05, 0) is 66.5 Å². The van der Waals surface area contributed by atoms with Crippen LogP contribution in [-0.2, 0) is 40.1 Å². The van der Waals surface area contributed by atoms with Gasteiger partial charge in [-0.2, -0.15) is 0 Å². The quantitative estimate of drug-likeness (QED) is 0.106. The number of hydrogen-bond donors (Lipinski definition) is 5. The minimum absolute atomic E-state index is 0.0599. The zero-order valence-corrected chi connectivity index (χ0v) is 29.7. The van der Waals surface area contributed by atoms with Gasteiger partial charge < -0.3 is 26.7 Å². The molecule has 1 aliphatic rings. The summed E-state index contributed by atoms with van der Waals surface area (Å²) in [7, 11) is 0. The fraction of sp³-hybridized carbons (Fsp3) is 0.351. The van der Waals surface area contributed by atoms with E-state index >= 15 is 0 Å². The molecule has 258 valence electrons. The lowest BCUT2D eigenvalue weighted by molar-refractivity contribution is -0.136. The molecule has 0 aliphatic heterocycles. The highest BCUT2D eigenvalue weighted by molar-refractivity contribution is 7.80. The molecule has 6 N–H and O–H groups in total. The molecule has 5 rings (SSSR count). The van der Waals surface area contributed by atoms with Gasteiger partial charge in [0.15, 0.2) is 0 Å². The van der Waals surface area contributed by atoms with Gasteiger partial charge in [-0.3, -0.25) is 14.4 Å². The Balaban J connectivity index is 1.49. The summed E-state index contributed by atoms with van der Waals surface area (Å²) in [5.74, 6) is -2.07. The van der Waals surface area contributed by atoms with E-state index in [1.807, 2.05) is 44.2 Å². The van der Waals surface area contributed by atoms with Crippen LogP contribution in [0.5, 0.6) is 0 Å². The first-order valence-electron chi connectivity index (χ1n) is 16.4. The first-order valence-corrected chi connectivity index (χ1v) is 17.5. The number of amides is 3. The molecule has 1 heterocycles. The number of aromatic nitrogens is 1. The van der Waals surface area contributed by atoms with E-state index in [0.29, 0.717) is 34.8 Å². The second-order valence-corrected chi connectivity index (χ2v) is 14.1. The molecule has 3 amide bonds. The second-order valence-electron chi connectivity index (χ2n) is 12.8. The predicted octanol–water partition coefficient (Wildman–Crippen LogP) is 6.13. The third kappa shape index (κ3) is 8.43. The summed E-state index contributed by atoms with van der Waals surface area (Å²) < 4.78 is 14.4. The first kappa shape index (κ1) is 36.3. The van der Waals surface area contributed by atoms with Crippen molar-refractivity contribution in [1.82, 2.24) is 20.9 Å². The van der Waals surface area contributed by atoms with Crippen molar-refractivity contribution in [2.45, 2.75) is 76.4 Å². The molecule has 49 heavy (non-hydrogen) atoms. The van der Waals surface area contributed by atoms with Crippen LogP contribution in [-0.4, -0.2) is 45.3 Å². The normalized spacial score (nSPS) is 17.4. The molecule has 8 nitrogen and oxygen atoms in total. The molecule has 3 aromatic carbocycles. The first-order chi connectivity index (χ1) is 23.4. The van der Waals surface area contributed by atoms with Crippen LogP contribution < -0.4 is 21.7 Å². The highest BCUT2D eigenvalue weighted by Gasteiger charge is 2.46. The number of halogens is 3. The van der Waals surface area contributed by atoms with Gasteiger partial charge >= 0.3 is 0 Å². The zero-order valence-electron chi connectivity index (χ0n) is 27.4. The molecule has 4 atom stereocenters. The monoisotopic (exact) mass is 723 g/mol. The molecule has 4 aromatic rings. The molecule has 0 bridgehead atoms. The molecule has 0 saturated carbocycles. The smallest absolute Gasteiger partial charge is 0.246 e. The predicted molar refractivity (Wildman–Crippen MR) is 196 cm³/mol. The highest BCUT2D eigenvalue weighted by atomic mass is 35.5. The van der Waals surface area contributed by atoms with Crippen LogP contribution in [0.4, 0.5) is 4.39 Å². The Kier molecular flexibility index (Phi) is 11.6. The van der Waals surface area contributed by atoms with Crippen molar-refractivity contribution in [2.24, 2.45) is 11.7 Å². The molecular weight excluding hydrogens is 684 g/mol. The maximum Gasteiger partial charge on any atom is 0.246 e. The summed E-state index contributed by atoms with van der Waals surface area (Å²) in [5.41, 5.74) is 8.23. The number of benzene rings is 3. The maximum absolute atomic E-state index is 14.5. The number of fused-ring (bicyclic) bond motifs is 3. The van der Waals surface area contributed by atoms with E-state index < -0.39 is 41.2 Å². The van der Waals surface area contributed by atoms with Crippen LogP contribution in [0.25, 0.3) is 10.9 Å². The number of nitrogens with one attached hydrogen (secondary N) is 4. The Morgan fingerprint density at radius 1 is 1.06 bits per heavy atom. The van der Waals surface area contributed by atoms with Crippen LogP contribution in [0.15, 0.2) is 66.7 Å². The van der Waals surface area contributed by atoms with Gasteiger partial charge in [0.1, 0.15) is 17.4 Å². The molecule has 0 radical (unpaired) electrons. The lowest BCUT2D eigenvalue weighted by Crippen LogP contribution is -2.66.